The number of carbonyl (C=O) groups is 10. The number of hydrogen-bond acceptors (Lipinski definition) is 12. The molecule has 0 aromatic heterocycles. The summed E-state index contributed by atoms with van der Waals surface area (Å²) in [4.78, 5) is 132. The number of carboxylic acid groups (broad SMARTS) is 1. The minimum Gasteiger partial charge on any atom is -0.508 e. The Morgan fingerprint density at radius 2 is 1.20 bits per heavy atom. The number of nitrogens with zero attached hydrogens (tertiary/aromatic N) is 1. The zero-order valence-electron chi connectivity index (χ0n) is 37.3. The maximum atomic E-state index is 14.2. The predicted molar refractivity (Wildman–Crippen MR) is 234 cm³/mol. The smallest absolute Gasteiger partial charge is 0.305 e. The molecule has 2 aromatic rings. The number of nitrogens with two attached hydrogens (primary N) is 1. The number of hydrogen-bond donors (Lipinski definition) is 10. The van der Waals surface area contributed by atoms with E-state index in [4.69, 9.17) is 5.73 Å². The fourth-order valence-electron chi connectivity index (χ4n) is 6.83. The van der Waals surface area contributed by atoms with Gasteiger partial charge in [0.15, 0.2) is 0 Å². The first-order valence-electron chi connectivity index (χ1n) is 21.3. The number of carbonyl (C=O) groups excluding carboxylic acids is 9. The van der Waals surface area contributed by atoms with Crippen molar-refractivity contribution in [1.29, 1.82) is 0 Å². The minimum atomic E-state index is -1.63. The van der Waals surface area contributed by atoms with E-state index in [1.54, 1.807) is 44.2 Å². The number of nitrogens with one attached hydrogen (secondary N) is 7. The van der Waals surface area contributed by atoms with Crippen LogP contribution in [0, 0.1) is 5.92 Å². The second-order valence-electron chi connectivity index (χ2n) is 16.4. The average molecular weight is 908 g/mol. The molecule has 3 rings (SSSR count). The molecule has 0 unspecified atom stereocenters. The molecule has 0 spiro atoms. The maximum absolute atomic E-state index is 14.2. The van der Waals surface area contributed by atoms with Crippen molar-refractivity contribution in [2.24, 2.45) is 11.7 Å². The molecule has 2 aromatic carbocycles. The van der Waals surface area contributed by atoms with Gasteiger partial charge in [-0.25, -0.2) is 0 Å². The van der Waals surface area contributed by atoms with E-state index in [0.29, 0.717) is 23.8 Å². The molecule has 11 N–H and O–H groups in total. The van der Waals surface area contributed by atoms with Crippen molar-refractivity contribution in [3.63, 3.8) is 0 Å². The third-order valence-electron chi connectivity index (χ3n) is 10.5. The molecule has 65 heavy (non-hydrogen) atoms. The zero-order chi connectivity index (χ0) is 48.5. The van der Waals surface area contributed by atoms with Crippen molar-refractivity contribution >= 4 is 59.5 Å². The third-order valence-corrected chi connectivity index (χ3v) is 10.5. The van der Waals surface area contributed by atoms with E-state index in [2.05, 4.69) is 37.2 Å². The molecule has 9 atom stereocenters. The SMILES string of the molecule is CC(C)[C@H](NC(=O)[C@H](Cc1ccc(O)cc1)NC(=O)[C@@H]1CCCN1C(=O)[C@H](C)NC(=O)[C@H](C)NC(=O)[C@H](C)N)C(=O)N[C@@H](Cc1ccccc1)C(=O)N[C@@H](CC(=O)O)C(=O)N[C@@H](C)C=O. The first-order chi connectivity index (χ1) is 30.6. The Balaban J connectivity index is 1.86. The van der Waals surface area contributed by atoms with Gasteiger partial charge in [-0.2, -0.15) is 0 Å². The van der Waals surface area contributed by atoms with Gasteiger partial charge in [-0.05, 0) is 69.7 Å². The first-order valence-corrected chi connectivity index (χ1v) is 21.3. The minimum absolute atomic E-state index is 0.0538. The Morgan fingerprint density at radius 1 is 0.662 bits per heavy atom. The van der Waals surface area contributed by atoms with E-state index in [-0.39, 0.29) is 31.6 Å². The molecular weight excluding hydrogens is 847 g/mol. The molecule has 354 valence electrons. The molecule has 0 saturated carbocycles. The van der Waals surface area contributed by atoms with Gasteiger partial charge in [0.2, 0.25) is 47.3 Å². The van der Waals surface area contributed by atoms with Crippen molar-refractivity contribution in [2.45, 2.75) is 128 Å². The van der Waals surface area contributed by atoms with Gasteiger partial charge in [-0.3, -0.25) is 43.2 Å². The van der Waals surface area contributed by atoms with E-state index in [1.165, 1.54) is 56.9 Å². The van der Waals surface area contributed by atoms with Crippen LogP contribution < -0.4 is 43.0 Å². The fraction of sp³-hybridized carbons (Fsp3) is 0.500. The van der Waals surface area contributed by atoms with Crippen LogP contribution in [0.4, 0.5) is 0 Å². The van der Waals surface area contributed by atoms with Gasteiger partial charge in [0.1, 0.15) is 54.3 Å². The molecule has 1 aliphatic rings. The molecule has 0 radical (unpaired) electrons. The van der Waals surface area contributed by atoms with Gasteiger partial charge in [-0.15, -0.1) is 0 Å². The molecule has 21 heteroatoms. The molecular formula is C44H61N9O12. The standard InChI is InChI=1S/C44H61N9O12/c1-23(2)36(43(64)51-31(19-28-11-8-7-9-12-28)40(61)49-33(21-35(56)57)39(60)46-24(3)22-54)52-41(62)32(20-29-14-16-30(55)17-15-29)50-42(63)34-13-10-18-53(34)44(65)27(6)48-38(59)26(5)47-37(58)25(4)45/h7-9,11-12,14-17,22-27,31-34,36,55H,10,13,18-21,45H2,1-6H3,(H,46,60)(H,47,58)(H,48,59)(H,49,61)(H,50,63)(H,51,64)(H,52,62)(H,56,57)/t24-,25-,26-,27-,31-,32-,33-,34-,36-/m0/s1. The summed E-state index contributed by atoms with van der Waals surface area (Å²) in [7, 11) is 0. The van der Waals surface area contributed by atoms with Gasteiger partial charge < -0.3 is 62.9 Å². The van der Waals surface area contributed by atoms with E-state index in [1.807, 2.05) is 0 Å². The van der Waals surface area contributed by atoms with Crippen molar-refractivity contribution < 1.29 is 58.2 Å². The molecule has 1 aliphatic heterocycles. The molecule has 8 amide bonds. The lowest BCUT2D eigenvalue weighted by Crippen LogP contribution is -2.61. The van der Waals surface area contributed by atoms with Crippen LogP contribution in [-0.2, 0) is 60.8 Å². The first kappa shape index (κ1) is 52.4. The lowest BCUT2D eigenvalue weighted by atomic mass is 9.99. The molecule has 0 aliphatic carbocycles. The largest absolute Gasteiger partial charge is 0.508 e. The Labute approximate surface area is 376 Å². The number of phenols is 1. The van der Waals surface area contributed by atoms with Crippen molar-refractivity contribution in [2.75, 3.05) is 6.54 Å². The summed E-state index contributed by atoms with van der Waals surface area (Å²) in [6, 6.07) is 3.58. The van der Waals surface area contributed by atoms with Crippen LogP contribution >= 0.6 is 0 Å². The predicted octanol–water partition coefficient (Wildman–Crippen LogP) is -1.70. The van der Waals surface area contributed by atoms with Crippen LogP contribution in [0.1, 0.15) is 71.9 Å². The van der Waals surface area contributed by atoms with Crippen molar-refractivity contribution in [1.82, 2.24) is 42.1 Å². The Morgan fingerprint density at radius 3 is 1.77 bits per heavy atom. The van der Waals surface area contributed by atoms with Gasteiger partial charge in [0.05, 0.1) is 18.5 Å². The Hall–Kier alpha value is -6.90. The summed E-state index contributed by atoms with van der Waals surface area (Å²) in [5.41, 5.74) is 6.66. The highest BCUT2D eigenvalue weighted by Gasteiger charge is 2.39. The quantitative estimate of drug-likeness (QED) is 0.0557. The number of aliphatic carboxylic acids is 1. The highest BCUT2D eigenvalue weighted by Crippen LogP contribution is 2.20. The number of aldehydes is 1. The highest BCUT2D eigenvalue weighted by molar-refractivity contribution is 5.98. The molecule has 1 fully saturated rings. The third kappa shape index (κ3) is 16.3. The number of phenolic OH excluding ortho intramolecular Hbond substituents is 1. The molecule has 0 bridgehead atoms. The lowest BCUT2D eigenvalue weighted by Gasteiger charge is -2.30. The second-order valence-corrected chi connectivity index (χ2v) is 16.4. The fourth-order valence-corrected chi connectivity index (χ4v) is 6.83. The number of aromatic hydroxyl groups is 1. The summed E-state index contributed by atoms with van der Waals surface area (Å²) in [6.07, 6.45) is -0.0235. The van der Waals surface area contributed by atoms with Crippen LogP contribution in [0.3, 0.4) is 0 Å². The summed E-state index contributed by atoms with van der Waals surface area (Å²) < 4.78 is 0. The maximum Gasteiger partial charge on any atom is 0.305 e. The number of likely N-dealkylation sites (tertiary alicyclic amines) is 1. The Bertz CT molecular complexity index is 2030. The van der Waals surface area contributed by atoms with E-state index in [0.717, 1.165) is 0 Å². The van der Waals surface area contributed by atoms with Crippen molar-refractivity contribution in [3.8, 4) is 5.75 Å². The monoisotopic (exact) mass is 907 g/mol. The number of benzene rings is 2. The van der Waals surface area contributed by atoms with Gasteiger partial charge in [0, 0.05) is 19.4 Å². The van der Waals surface area contributed by atoms with E-state index in [9.17, 15) is 58.2 Å². The summed E-state index contributed by atoms with van der Waals surface area (Å²) >= 11 is 0. The van der Waals surface area contributed by atoms with Crippen LogP contribution in [-0.4, -0.2) is 136 Å². The topological polar surface area (TPSA) is 325 Å². The van der Waals surface area contributed by atoms with Crippen LogP contribution in [0.15, 0.2) is 54.6 Å². The normalized spacial score (nSPS) is 17.0. The Kier molecular flexibility index (Phi) is 20.0. The van der Waals surface area contributed by atoms with Gasteiger partial charge in [-0.1, -0.05) is 56.3 Å². The van der Waals surface area contributed by atoms with E-state index < -0.39 is 120 Å². The van der Waals surface area contributed by atoms with Crippen LogP contribution in [0.25, 0.3) is 0 Å². The van der Waals surface area contributed by atoms with E-state index >= 15 is 0 Å². The average Bonchev–Trinajstić information content (AvgIpc) is 3.75. The molecule has 21 nitrogen and oxygen atoms in total. The summed E-state index contributed by atoms with van der Waals surface area (Å²) in [5.74, 6) is -8.12. The second kappa shape index (κ2) is 24.8. The van der Waals surface area contributed by atoms with Crippen molar-refractivity contribution in [3.05, 3.63) is 65.7 Å². The zero-order valence-corrected chi connectivity index (χ0v) is 37.3. The number of carboxylic acids is 1. The van der Waals surface area contributed by atoms with Gasteiger partial charge >= 0.3 is 5.97 Å². The highest BCUT2D eigenvalue weighted by atomic mass is 16.4. The number of amides is 8. The van der Waals surface area contributed by atoms with Crippen LogP contribution in [0.2, 0.25) is 0 Å². The lowest BCUT2D eigenvalue weighted by molar-refractivity contribution is -0.142. The summed E-state index contributed by atoms with van der Waals surface area (Å²) in [5, 5.41) is 37.1. The molecule has 1 heterocycles. The summed E-state index contributed by atoms with van der Waals surface area (Å²) in [6.45, 7) is 9.08. The van der Waals surface area contributed by atoms with Crippen LogP contribution in [0.5, 0.6) is 5.75 Å². The number of rotatable bonds is 23. The molecule has 1 saturated heterocycles. The van der Waals surface area contributed by atoms with Gasteiger partial charge in [0.25, 0.3) is 0 Å².